The van der Waals surface area contributed by atoms with Gasteiger partial charge in [-0.25, -0.2) is 4.79 Å². The summed E-state index contributed by atoms with van der Waals surface area (Å²) < 4.78 is 11.2. The summed E-state index contributed by atoms with van der Waals surface area (Å²) in [6, 6.07) is 23.6. The number of halogens is 1. The van der Waals surface area contributed by atoms with Crippen molar-refractivity contribution >= 4 is 33.5 Å². The monoisotopic (exact) mass is 566 g/mol. The summed E-state index contributed by atoms with van der Waals surface area (Å²) >= 11 is 3.50. The van der Waals surface area contributed by atoms with Gasteiger partial charge in [-0.15, -0.1) is 0 Å². The van der Waals surface area contributed by atoms with Crippen molar-refractivity contribution in [3.8, 4) is 5.75 Å². The number of benzene rings is 3. The normalized spacial score (nSPS) is 16.6. The number of rotatable bonds is 9. The molecule has 1 heterocycles. The smallest absolute Gasteiger partial charge is 0.328 e. The third kappa shape index (κ3) is 6.14. The fraction of sp³-hybridized carbons (Fsp3) is 0.310. The van der Waals surface area contributed by atoms with Gasteiger partial charge in [0.2, 0.25) is 0 Å². The first kappa shape index (κ1) is 26.7. The topological polar surface area (TPSA) is 79.3 Å². The number of likely N-dealkylation sites (tertiary alicyclic amines) is 1. The van der Waals surface area contributed by atoms with Crippen LogP contribution in [-0.2, 0) is 20.9 Å². The van der Waals surface area contributed by atoms with E-state index in [9.17, 15) is 14.7 Å². The molecule has 3 aromatic rings. The van der Waals surface area contributed by atoms with Gasteiger partial charge in [0, 0.05) is 23.2 Å². The second-order valence-corrected chi connectivity index (χ2v) is 9.88. The third-order valence-electron chi connectivity index (χ3n) is 6.71. The van der Waals surface area contributed by atoms with E-state index in [1.165, 1.54) is 12.0 Å². The van der Waals surface area contributed by atoms with Crippen LogP contribution in [0.25, 0.3) is 0 Å². The molecule has 1 saturated heterocycles. The molecule has 0 spiro atoms. The molecule has 3 aromatic carbocycles. The molecule has 8 heteroatoms. The maximum absolute atomic E-state index is 13.7. The minimum Gasteiger partial charge on any atom is -0.497 e. The zero-order chi connectivity index (χ0) is 26.4. The number of aliphatic hydroxyl groups excluding tert-OH is 1. The van der Waals surface area contributed by atoms with Gasteiger partial charge in [-0.3, -0.25) is 4.79 Å². The molecule has 1 N–H and O–H groups in total. The lowest BCUT2D eigenvalue weighted by Gasteiger charge is -2.38. The van der Waals surface area contributed by atoms with E-state index >= 15 is 0 Å². The molecule has 0 aliphatic carbocycles. The van der Waals surface area contributed by atoms with E-state index in [4.69, 9.17) is 9.47 Å². The highest BCUT2D eigenvalue weighted by Crippen LogP contribution is 2.34. The molecule has 3 atom stereocenters. The molecule has 0 unspecified atom stereocenters. The number of nitrogens with zero attached hydrogens (tertiary/aromatic N) is 2. The van der Waals surface area contributed by atoms with Crippen LogP contribution < -0.4 is 9.64 Å². The van der Waals surface area contributed by atoms with E-state index in [1.807, 2.05) is 83.8 Å². The molecule has 1 aliphatic rings. The molecule has 194 valence electrons. The number of carbonyl (C=O) groups is 2. The number of aliphatic hydroxyl groups is 1. The van der Waals surface area contributed by atoms with Crippen molar-refractivity contribution in [2.75, 3.05) is 25.7 Å². The van der Waals surface area contributed by atoms with Gasteiger partial charge in [0.1, 0.15) is 11.8 Å². The fourth-order valence-electron chi connectivity index (χ4n) is 4.81. The third-order valence-corrected chi connectivity index (χ3v) is 7.24. The second-order valence-electron chi connectivity index (χ2n) is 8.97. The molecule has 4 rings (SSSR count). The van der Waals surface area contributed by atoms with E-state index in [1.54, 1.807) is 7.11 Å². The average Bonchev–Trinajstić information content (AvgIpc) is 3.43. The van der Waals surface area contributed by atoms with Crippen molar-refractivity contribution < 1.29 is 24.2 Å². The van der Waals surface area contributed by atoms with Crippen molar-refractivity contribution in [1.29, 1.82) is 0 Å². The van der Waals surface area contributed by atoms with E-state index in [-0.39, 0.29) is 0 Å². The Balaban J connectivity index is 1.75. The quantitative estimate of drug-likeness (QED) is 0.377. The van der Waals surface area contributed by atoms with Crippen LogP contribution in [0.5, 0.6) is 5.75 Å². The first-order valence-electron chi connectivity index (χ1n) is 12.2. The molecule has 0 bridgehead atoms. The predicted octanol–water partition coefficient (Wildman–Crippen LogP) is 4.73. The highest BCUT2D eigenvalue weighted by molar-refractivity contribution is 9.10. The van der Waals surface area contributed by atoms with Gasteiger partial charge in [-0.2, -0.15) is 0 Å². The Labute approximate surface area is 225 Å². The molecule has 0 aromatic heterocycles. The SMILES string of the molecule is COC(=O)[C@@H]1CCCN1C(=O)[C@@H](O)[C@@H](c1ccccc1)N(Cc1ccc(OC)cc1)c1ccc(Br)cc1. The summed E-state index contributed by atoms with van der Waals surface area (Å²) in [5.41, 5.74) is 2.61. The second kappa shape index (κ2) is 12.3. The summed E-state index contributed by atoms with van der Waals surface area (Å²) in [6.45, 7) is 0.823. The number of hydrogen-bond donors (Lipinski definition) is 1. The highest BCUT2D eigenvalue weighted by Gasteiger charge is 2.41. The lowest BCUT2D eigenvalue weighted by Crippen LogP contribution is -2.50. The molecule has 1 aliphatic heterocycles. The Kier molecular flexibility index (Phi) is 8.84. The Morgan fingerprint density at radius 1 is 1.03 bits per heavy atom. The number of methoxy groups -OCH3 is 2. The molecule has 1 amide bonds. The van der Waals surface area contributed by atoms with Gasteiger partial charge >= 0.3 is 5.97 Å². The van der Waals surface area contributed by atoms with Gasteiger partial charge in [-0.1, -0.05) is 58.4 Å². The minimum atomic E-state index is -1.42. The number of anilines is 1. The van der Waals surface area contributed by atoms with Crippen molar-refractivity contribution in [1.82, 2.24) is 4.90 Å². The van der Waals surface area contributed by atoms with Crippen molar-refractivity contribution in [2.45, 2.75) is 37.6 Å². The Morgan fingerprint density at radius 3 is 2.32 bits per heavy atom. The lowest BCUT2D eigenvalue weighted by atomic mass is 9.96. The number of ether oxygens (including phenoxy) is 2. The number of carbonyl (C=O) groups excluding carboxylic acids is 2. The van der Waals surface area contributed by atoms with Gasteiger partial charge in [-0.05, 0) is 60.4 Å². The van der Waals surface area contributed by atoms with Crippen LogP contribution in [0.3, 0.4) is 0 Å². The molecule has 7 nitrogen and oxygen atoms in total. The zero-order valence-electron chi connectivity index (χ0n) is 20.9. The summed E-state index contributed by atoms with van der Waals surface area (Å²) in [5, 5.41) is 11.7. The standard InChI is InChI=1S/C29H31BrN2O5/c1-36-24-16-10-20(11-17-24)19-32(23-14-12-22(30)13-15-23)26(21-7-4-3-5-8-21)27(33)28(34)31-18-6-9-25(31)29(35)37-2/h3-5,7-8,10-17,25-27,33H,6,9,18-19H2,1-2H3/t25-,26+,27-/m0/s1. The van der Waals surface area contributed by atoms with Crippen molar-refractivity contribution in [2.24, 2.45) is 0 Å². The minimum absolute atomic E-state index is 0.397. The molecule has 37 heavy (non-hydrogen) atoms. The van der Waals surface area contributed by atoms with Crippen LogP contribution >= 0.6 is 15.9 Å². The zero-order valence-corrected chi connectivity index (χ0v) is 22.5. The molecule has 1 fully saturated rings. The summed E-state index contributed by atoms with van der Waals surface area (Å²) in [6.07, 6.45) is -0.227. The Bertz CT molecular complexity index is 1190. The average molecular weight is 567 g/mol. The van der Waals surface area contributed by atoms with Crippen LogP contribution in [0.1, 0.15) is 30.0 Å². The van der Waals surface area contributed by atoms with Crippen molar-refractivity contribution in [3.63, 3.8) is 0 Å². The van der Waals surface area contributed by atoms with Crippen LogP contribution in [0.2, 0.25) is 0 Å². The molecular weight excluding hydrogens is 536 g/mol. The van der Waals surface area contributed by atoms with Crippen LogP contribution in [-0.4, -0.2) is 54.8 Å². The fourth-order valence-corrected chi connectivity index (χ4v) is 5.07. The molecule has 0 radical (unpaired) electrons. The first-order valence-corrected chi connectivity index (χ1v) is 13.0. The predicted molar refractivity (Wildman–Crippen MR) is 145 cm³/mol. The summed E-state index contributed by atoms with van der Waals surface area (Å²) in [4.78, 5) is 29.6. The highest BCUT2D eigenvalue weighted by atomic mass is 79.9. The Hall–Kier alpha value is -3.36. The van der Waals surface area contributed by atoms with Gasteiger partial charge < -0.3 is 24.4 Å². The number of hydrogen-bond acceptors (Lipinski definition) is 6. The van der Waals surface area contributed by atoms with E-state index in [0.29, 0.717) is 25.9 Å². The van der Waals surface area contributed by atoms with Gasteiger partial charge in [0.15, 0.2) is 6.10 Å². The lowest BCUT2D eigenvalue weighted by molar-refractivity contribution is -0.154. The maximum atomic E-state index is 13.7. The maximum Gasteiger partial charge on any atom is 0.328 e. The summed E-state index contributed by atoms with van der Waals surface area (Å²) in [7, 11) is 2.94. The van der Waals surface area contributed by atoms with Gasteiger partial charge in [0.25, 0.3) is 5.91 Å². The van der Waals surface area contributed by atoms with Crippen molar-refractivity contribution in [3.05, 3.63) is 94.5 Å². The van der Waals surface area contributed by atoms with Crippen LogP contribution in [0.15, 0.2) is 83.3 Å². The van der Waals surface area contributed by atoms with E-state index < -0.39 is 30.1 Å². The summed E-state index contributed by atoms with van der Waals surface area (Å²) in [5.74, 6) is -0.201. The van der Waals surface area contributed by atoms with Gasteiger partial charge in [0.05, 0.1) is 20.3 Å². The molecule has 0 saturated carbocycles. The van der Waals surface area contributed by atoms with Crippen LogP contribution in [0, 0.1) is 0 Å². The van der Waals surface area contributed by atoms with Crippen LogP contribution in [0.4, 0.5) is 5.69 Å². The number of amides is 1. The number of esters is 1. The first-order chi connectivity index (χ1) is 17.9. The molecular formula is C29H31BrN2O5. The van der Waals surface area contributed by atoms with E-state index in [2.05, 4.69) is 15.9 Å². The largest absolute Gasteiger partial charge is 0.497 e. The Morgan fingerprint density at radius 2 is 1.70 bits per heavy atom. The van der Waals surface area contributed by atoms with E-state index in [0.717, 1.165) is 27.0 Å².